The maximum Gasteiger partial charge on any atom is 0.196 e. The maximum atomic E-state index is 5.52. The molecule has 0 bridgehead atoms. The molecule has 2 N–H and O–H groups in total. The second-order valence-corrected chi connectivity index (χ2v) is 3.17. The van der Waals surface area contributed by atoms with Crippen LogP contribution in [0.2, 0.25) is 0 Å². The first-order valence-electron chi connectivity index (χ1n) is 4.79. The van der Waals surface area contributed by atoms with E-state index >= 15 is 0 Å². The topological polar surface area (TPSA) is 77.6 Å². The number of rotatable bonds is 5. The van der Waals surface area contributed by atoms with E-state index in [0.717, 1.165) is 6.42 Å². The zero-order valence-corrected chi connectivity index (χ0v) is 8.80. The van der Waals surface area contributed by atoms with Crippen LogP contribution >= 0.6 is 0 Å². The average Bonchev–Trinajstić information content (AvgIpc) is 2.27. The summed E-state index contributed by atoms with van der Waals surface area (Å²) in [6, 6.07) is 0. The summed E-state index contributed by atoms with van der Waals surface area (Å²) in [6.45, 7) is 6.04. The van der Waals surface area contributed by atoms with Gasteiger partial charge in [-0.05, 0) is 31.9 Å². The van der Waals surface area contributed by atoms with Gasteiger partial charge in [0.25, 0.3) is 0 Å². The molecule has 1 unspecified atom stereocenters. The van der Waals surface area contributed by atoms with Crippen molar-refractivity contribution in [2.45, 2.75) is 13.3 Å². The van der Waals surface area contributed by atoms with Gasteiger partial charge >= 0.3 is 0 Å². The molecule has 0 aliphatic carbocycles. The molecule has 0 radical (unpaired) electrons. The summed E-state index contributed by atoms with van der Waals surface area (Å²) in [5.74, 6) is 1.38. The molecule has 0 saturated carbocycles. The molecule has 0 amide bonds. The lowest BCUT2D eigenvalue weighted by atomic mass is 10.1. The van der Waals surface area contributed by atoms with E-state index in [2.05, 4.69) is 27.0 Å². The van der Waals surface area contributed by atoms with Crippen molar-refractivity contribution in [2.75, 3.05) is 6.54 Å². The van der Waals surface area contributed by atoms with Crippen LogP contribution in [-0.4, -0.2) is 26.9 Å². The maximum absolute atomic E-state index is 5.52. The van der Waals surface area contributed by atoms with Crippen molar-refractivity contribution in [3.8, 4) is 0 Å². The Morgan fingerprint density at radius 1 is 1.33 bits per heavy atom. The third-order valence-electron chi connectivity index (χ3n) is 1.94. The minimum absolute atomic E-state index is 0.299. The lowest BCUT2D eigenvalue weighted by Gasteiger charge is -2.03. The Labute approximate surface area is 89.1 Å². The predicted molar refractivity (Wildman–Crippen MR) is 58.8 cm³/mol. The van der Waals surface area contributed by atoms with Gasteiger partial charge in [0.05, 0.1) is 0 Å². The predicted octanol–water partition coefficient (Wildman–Crippen LogP) is 0.739. The summed E-state index contributed by atoms with van der Waals surface area (Å²) in [4.78, 5) is 0. The largest absolute Gasteiger partial charge is 0.330 e. The standard InChI is InChI=1S/C10H15N5/c1-3-9(7-11)5-4-6-10-14-12-8(2)13-15-10/h3-4,6,9H,1,5,7,11H2,2H3/b6-4+. The van der Waals surface area contributed by atoms with Crippen LogP contribution in [0.15, 0.2) is 18.7 Å². The smallest absolute Gasteiger partial charge is 0.196 e. The van der Waals surface area contributed by atoms with Crippen molar-refractivity contribution in [1.29, 1.82) is 0 Å². The van der Waals surface area contributed by atoms with Crippen LogP contribution in [0.4, 0.5) is 0 Å². The van der Waals surface area contributed by atoms with Crippen LogP contribution in [0.5, 0.6) is 0 Å². The molecule has 1 heterocycles. The number of hydrogen-bond donors (Lipinski definition) is 1. The quantitative estimate of drug-likeness (QED) is 0.717. The van der Waals surface area contributed by atoms with Crippen molar-refractivity contribution < 1.29 is 0 Å². The number of nitrogens with two attached hydrogens (primary N) is 1. The molecule has 1 atom stereocenters. The molecule has 0 spiro atoms. The molecule has 1 aromatic heterocycles. The van der Waals surface area contributed by atoms with Crippen molar-refractivity contribution in [3.63, 3.8) is 0 Å². The van der Waals surface area contributed by atoms with Crippen molar-refractivity contribution in [3.05, 3.63) is 30.4 Å². The normalized spacial score (nSPS) is 12.9. The van der Waals surface area contributed by atoms with Crippen molar-refractivity contribution in [2.24, 2.45) is 11.7 Å². The first-order valence-corrected chi connectivity index (χ1v) is 4.79. The van der Waals surface area contributed by atoms with E-state index in [1.165, 1.54) is 0 Å². The van der Waals surface area contributed by atoms with Crippen molar-refractivity contribution >= 4 is 6.08 Å². The van der Waals surface area contributed by atoms with Gasteiger partial charge in [-0.15, -0.1) is 27.0 Å². The average molecular weight is 205 g/mol. The minimum Gasteiger partial charge on any atom is -0.330 e. The zero-order valence-electron chi connectivity index (χ0n) is 8.80. The van der Waals surface area contributed by atoms with Gasteiger partial charge in [0.2, 0.25) is 0 Å². The number of allylic oxidation sites excluding steroid dienone is 1. The minimum atomic E-state index is 0.299. The molecular weight excluding hydrogens is 190 g/mol. The Morgan fingerprint density at radius 3 is 2.53 bits per heavy atom. The molecule has 1 aromatic rings. The third kappa shape index (κ3) is 3.95. The Bertz CT molecular complexity index is 330. The van der Waals surface area contributed by atoms with Crippen LogP contribution in [0, 0.1) is 12.8 Å². The number of hydrogen-bond acceptors (Lipinski definition) is 5. The zero-order chi connectivity index (χ0) is 11.1. The number of aryl methyl sites for hydroxylation is 1. The highest BCUT2D eigenvalue weighted by atomic mass is 15.3. The summed E-state index contributed by atoms with van der Waals surface area (Å²) < 4.78 is 0. The summed E-state index contributed by atoms with van der Waals surface area (Å²) >= 11 is 0. The highest BCUT2D eigenvalue weighted by Crippen LogP contribution is 2.04. The van der Waals surface area contributed by atoms with Crippen LogP contribution in [0.1, 0.15) is 18.1 Å². The molecule has 0 fully saturated rings. The summed E-state index contributed by atoms with van der Waals surface area (Å²) in [5, 5.41) is 15.3. The Hall–Kier alpha value is -1.62. The molecule has 0 saturated heterocycles. The van der Waals surface area contributed by atoms with E-state index in [0.29, 0.717) is 24.1 Å². The molecule has 0 aromatic carbocycles. The second-order valence-electron chi connectivity index (χ2n) is 3.17. The second kappa shape index (κ2) is 5.98. The molecule has 15 heavy (non-hydrogen) atoms. The van der Waals surface area contributed by atoms with E-state index in [1.54, 1.807) is 13.0 Å². The fraction of sp³-hybridized carbons (Fsp3) is 0.400. The van der Waals surface area contributed by atoms with E-state index in [1.807, 2.05) is 12.2 Å². The van der Waals surface area contributed by atoms with Gasteiger partial charge in [-0.25, -0.2) is 0 Å². The lowest BCUT2D eigenvalue weighted by molar-refractivity contribution is 0.677. The number of nitrogens with zero attached hydrogens (tertiary/aromatic N) is 4. The van der Waals surface area contributed by atoms with Gasteiger partial charge in [-0.2, -0.15) is 0 Å². The Morgan fingerprint density at radius 2 is 2.00 bits per heavy atom. The molecule has 0 aliphatic heterocycles. The lowest BCUT2D eigenvalue weighted by Crippen LogP contribution is -2.10. The highest BCUT2D eigenvalue weighted by molar-refractivity contribution is 5.37. The summed E-state index contributed by atoms with van der Waals surface area (Å²) in [6.07, 6.45) is 6.41. The van der Waals surface area contributed by atoms with Crippen LogP contribution in [0.25, 0.3) is 6.08 Å². The van der Waals surface area contributed by atoms with Crippen LogP contribution in [0.3, 0.4) is 0 Å². The molecular formula is C10H15N5. The highest BCUT2D eigenvalue weighted by Gasteiger charge is 1.98. The van der Waals surface area contributed by atoms with Gasteiger partial charge in [0, 0.05) is 0 Å². The number of aromatic nitrogens is 4. The van der Waals surface area contributed by atoms with Gasteiger partial charge in [0.1, 0.15) is 0 Å². The van der Waals surface area contributed by atoms with Crippen LogP contribution in [-0.2, 0) is 0 Å². The summed E-state index contributed by atoms with van der Waals surface area (Å²) in [5.41, 5.74) is 5.52. The molecule has 5 heteroatoms. The van der Waals surface area contributed by atoms with Crippen LogP contribution < -0.4 is 5.73 Å². The molecule has 5 nitrogen and oxygen atoms in total. The third-order valence-corrected chi connectivity index (χ3v) is 1.94. The SMILES string of the molecule is C=CC(CN)C/C=C/c1nnc(C)nn1. The monoisotopic (exact) mass is 205 g/mol. The summed E-state index contributed by atoms with van der Waals surface area (Å²) in [7, 11) is 0. The fourth-order valence-corrected chi connectivity index (χ4v) is 0.991. The first kappa shape index (κ1) is 11.5. The van der Waals surface area contributed by atoms with Gasteiger partial charge in [-0.1, -0.05) is 12.2 Å². The van der Waals surface area contributed by atoms with Crippen molar-refractivity contribution in [1.82, 2.24) is 20.4 Å². The molecule has 80 valence electrons. The Balaban J connectivity index is 2.50. The van der Waals surface area contributed by atoms with Gasteiger partial charge in [0.15, 0.2) is 11.6 Å². The van der Waals surface area contributed by atoms with E-state index < -0.39 is 0 Å². The first-order chi connectivity index (χ1) is 7.26. The Kier molecular flexibility index (Phi) is 4.56. The van der Waals surface area contributed by atoms with E-state index in [-0.39, 0.29) is 0 Å². The van der Waals surface area contributed by atoms with E-state index in [4.69, 9.17) is 5.73 Å². The van der Waals surface area contributed by atoms with E-state index in [9.17, 15) is 0 Å². The fourth-order valence-electron chi connectivity index (χ4n) is 0.991. The molecule has 0 aliphatic rings. The van der Waals surface area contributed by atoms with Gasteiger partial charge < -0.3 is 5.73 Å². The van der Waals surface area contributed by atoms with Gasteiger partial charge in [-0.3, -0.25) is 0 Å². The molecule has 1 rings (SSSR count).